The summed E-state index contributed by atoms with van der Waals surface area (Å²) in [6.45, 7) is 0. The lowest BCUT2D eigenvalue weighted by Gasteiger charge is -2.07. The molecule has 7 heteroatoms. The highest BCUT2D eigenvalue weighted by atomic mass is 19.4. The minimum Gasteiger partial charge on any atom is -0.477 e. The van der Waals surface area contributed by atoms with E-state index in [0.29, 0.717) is 0 Å². The first-order valence-electron chi connectivity index (χ1n) is 5.71. The number of halogens is 3. The van der Waals surface area contributed by atoms with Crippen LogP contribution in [0.5, 0.6) is 0 Å². The average Bonchev–Trinajstić information content (AvgIpc) is 3.06. The molecule has 1 saturated carbocycles. The van der Waals surface area contributed by atoms with E-state index in [0.717, 1.165) is 23.3 Å². The van der Waals surface area contributed by atoms with E-state index >= 15 is 0 Å². The molecule has 3 rings (SSSR count). The average molecular weight is 270 g/mol. The van der Waals surface area contributed by atoms with E-state index in [1.807, 2.05) is 0 Å². The number of nitrogens with zero attached hydrogens (tertiary/aromatic N) is 2. The van der Waals surface area contributed by atoms with Gasteiger partial charge >= 0.3 is 12.1 Å². The number of imidazole rings is 1. The molecule has 4 nitrogen and oxygen atoms in total. The fourth-order valence-electron chi connectivity index (χ4n) is 2.16. The van der Waals surface area contributed by atoms with Crippen molar-refractivity contribution in [2.24, 2.45) is 0 Å². The molecule has 0 saturated heterocycles. The second kappa shape index (κ2) is 3.72. The molecule has 2 aromatic rings. The maximum atomic E-state index is 12.9. The zero-order valence-corrected chi connectivity index (χ0v) is 9.61. The predicted molar refractivity (Wildman–Crippen MR) is 59.1 cm³/mol. The fraction of sp³-hybridized carbons (Fsp3) is 0.333. The minimum absolute atomic E-state index is 0.0351. The highest BCUT2D eigenvalue weighted by Gasteiger charge is 2.38. The zero-order valence-electron chi connectivity index (χ0n) is 9.61. The summed E-state index contributed by atoms with van der Waals surface area (Å²) < 4.78 is 39.6. The van der Waals surface area contributed by atoms with Crippen LogP contribution in [0, 0.1) is 0 Å². The Hall–Kier alpha value is -2.05. The van der Waals surface area contributed by atoms with E-state index < -0.39 is 17.7 Å². The van der Waals surface area contributed by atoms with Gasteiger partial charge in [0.1, 0.15) is 5.65 Å². The third-order valence-electron chi connectivity index (χ3n) is 3.15. The summed E-state index contributed by atoms with van der Waals surface area (Å²) in [6, 6.07) is 2.09. The molecular formula is C12H9F3N2O2. The Morgan fingerprint density at radius 1 is 1.42 bits per heavy atom. The molecule has 100 valence electrons. The van der Waals surface area contributed by atoms with Gasteiger partial charge in [-0.2, -0.15) is 13.2 Å². The van der Waals surface area contributed by atoms with Crippen molar-refractivity contribution in [3.05, 3.63) is 35.3 Å². The van der Waals surface area contributed by atoms with Crippen molar-refractivity contribution < 1.29 is 23.1 Å². The van der Waals surface area contributed by atoms with E-state index in [4.69, 9.17) is 0 Å². The molecule has 1 aliphatic carbocycles. The molecule has 0 spiro atoms. The first kappa shape index (κ1) is 12.0. The molecule has 2 aromatic heterocycles. The molecule has 0 unspecified atom stereocenters. The maximum absolute atomic E-state index is 12.9. The van der Waals surface area contributed by atoms with Gasteiger partial charge in [-0.15, -0.1) is 0 Å². The van der Waals surface area contributed by atoms with Gasteiger partial charge in [0.25, 0.3) is 0 Å². The van der Waals surface area contributed by atoms with Crippen LogP contribution < -0.4 is 0 Å². The van der Waals surface area contributed by atoms with E-state index in [2.05, 4.69) is 4.98 Å². The predicted octanol–water partition coefficient (Wildman–Crippen LogP) is 2.93. The van der Waals surface area contributed by atoms with Gasteiger partial charge in [-0.1, -0.05) is 0 Å². The minimum atomic E-state index is -4.55. The SMILES string of the molecule is O=C(O)c1c(C2CC2)nc2c(C(F)(F)F)cccn12. The topological polar surface area (TPSA) is 54.6 Å². The second-order valence-electron chi connectivity index (χ2n) is 4.54. The molecule has 1 fully saturated rings. The van der Waals surface area contributed by atoms with Gasteiger partial charge in [0.15, 0.2) is 5.69 Å². The van der Waals surface area contributed by atoms with Crippen LogP contribution in [0.2, 0.25) is 0 Å². The summed E-state index contributed by atoms with van der Waals surface area (Å²) in [7, 11) is 0. The third-order valence-corrected chi connectivity index (χ3v) is 3.15. The number of carbonyl (C=O) groups is 1. The summed E-state index contributed by atoms with van der Waals surface area (Å²) in [5, 5.41) is 9.18. The molecule has 0 bridgehead atoms. The van der Waals surface area contributed by atoms with Gasteiger partial charge in [0.2, 0.25) is 0 Å². The summed E-state index contributed by atoms with van der Waals surface area (Å²) in [5.41, 5.74) is -1.16. The molecule has 19 heavy (non-hydrogen) atoms. The van der Waals surface area contributed by atoms with E-state index in [-0.39, 0.29) is 23.0 Å². The maximum Gasteiger partial charge on any atom is 0.419 e. The zero-order chi connectivity index (χ0) is 13.8. The Labute approximate surface area is 105 Å². The smallest absolute Gasteiger partial charge is 0.419 e. The van der Waals surface area contributed by atoms with Crippen molar-refractivity contribution >= 4 is 11.6 Å². The Bertz CT molecular complexity index is 671. The number of carboxylic acids is 1. The number of rotatable bonds is 2. The number of aromatic carboxylic acids is 1. The standard InChI is InChI=1S/C12H9F3N2O2/c13-12(14,15)7-2-1-5-17-9(11(18)19)8(6-3-4-6)16-10(7)17/h1-2,5-6H,3-4H2,(H,18,19). The van der Waals surface area contributed by atoms with Crippen LogP contribution in [0.25, 0.3) is 5.65 Å². The number of alkyl halides is 3. The Balaban J connectivity index is 2.34. The molecule has 0 radical (unpaired) electrons. The molecular weight excluding hydrogens is 261 g/mol. The highest BCUT2D eigenvalue weighted by molar-refractivity contribution is 5.89. The summed E-state index contributed by atoms with van der Waals surface area (Å²) in [5.74, 6) is -1.29. The van der Waals surface area contributed by atoms with Gasteiger partial charge in [-0.05, 0) is 25.0 Å². The monoisotopic (exact) mass is 270 g/mol. The first-order chi connectivity index (χ1) is 8.89. The number of fused-ring (bicyclic) bond motifs is 1. The molecule has 1 aliphatic rings. The lowest BCUT2D eigenvalue weighted by molar-refractivity contribution is -0.136. The van der Waals surface area contributed by atoms with Crippen LogP contribution in [0.15, 0.2) is 18.3 Å². The Morgan fingerprint density at radius 2 is 2.11 bits per heavy atom. The van der Waals surface area contributed by atoms with Crippen LogP contribution in [-0.4, -0.2) is 20.5 Å². The van der Waals surface area contributed by atoms with E-state index in [1.54, 1.807) is 0 Å². The van der Waals surface area contributed by atoms with Gasteiger partial charge in [-0.25, -0.2) is 9.78 Å². The largest absolute Gasteiger partial charge is 0.477 e. The van der Waals surface area contributed by atoms with Gasteiger partial charge < -0.3 is 5.11 Å². The summed E-state index contributed by atoms with van der Waals surface area (Å²) >= 11 is 0. The molecule has 1 N–H and O–H groups in total. The number of hydrogen-bond acceptors (Lipinski definition) is 2. The van der Waals surface area contributed by atoms with Crippen molar-refractivity contribution in [3.63, 3.8) is 0 Å². The van der Waals surface area contributed by atoms with Crippen molar-refractivity contribution in [1.29, 1.82) is 0 Å². The molecule has 0 aromatic carbocycles. The first-order valence-corrected chi connectivity index (χ1v) is 5.71. The van der Waals surface area contributed by atoms with Crippen LogP contribution in [-0.2, 0) is 6.18 Å². The second-order valence-corrected chi connectivity index (χ2v) is 4.54. The summed E-state index contributed by atoms with van der Waals surface area (Å²) in [4.78, 5) is 15.2. The van der Waals surface area contributed by atoms with Crippen LogP contribution in [0.1, 0.15) is 40.5 Å². The number of pyridine rings is 1. The Kier molecular flexibility index (Phi) is 2.35. The van der Waals surface area contributed by atoms with E-state index in [1.165, 1.54) is 12.3 Å². The lowest BCUT2D eigenvalue weighted by Crippen LogP contribution is -2.09. The molecule has 0 amide bonds. The van der Waals surface area contributed by atoms with Crippen molar-refractivity contribution in [1.82, 2.24) is 9.38 Å². The lowest BCUT2D eigenvalue weighted by atomic mass is 10.2. The normalized spacial score (nSPS) is 15.9. The number of aromatic nitrogens is 2. The van der Waals surface area contributed by atoms with Gasteiger partial charge in [0.05, 0.1) is 11.3 Å². The van der Waals surface area contributed by atoms with Gasteiger partial charge in [0, 0.05) is 12.1 Å². The third kappa shape index (κ3) is 1.85. The van der Waals surface area contributed by atoms with Crippen molar-refractivity contribution in [3.8, 4) is 0 Å². The molecule has 2 heterocycles. The van der Waals surface area contributed by atoms with E-state index in [9.17, 15) is 23.1 Å². The van der Waals surface area contributed by atoms with Crippen molar-refractivity contribution in [2.45, 2.75) is 24.9 Å². The number of carboxylic acid groups (broad SMARTS) is 1. The van der Waals surface area contributed by atoms with Crippen LogP contribution >= 0.6 is 0 Å². The fourth-order valence-corrected chi connectivity index (χ4v) is 2.16. The highest BCUT2D eigenvalue weighted by Crippen LogP contribution is 2.42. The van der Waals surface area contributed by atoms with Crippen LogP contribution in [0.3, 0.4) is 0 Å². The Morgan fingerprint density at radius 3 is 2.63 bits per heavy atom. The van der Waals surface area contributed by atoms with Crippen molar-refractivity contribution in [2.75, 3.05) is 0 Å². The van der Waals surface area contributed by atoms with Crippen LogP contribution in [0.4, 0.5) is 13.2 Å². The van der Waals surface area contributed by atoms with Gasteiger partial charge in [-0.3, -0.25) is 4.40 Å². The summed E-state index contributed by atoms with van der Waals surface area (Å²) in [6.07, 6.45) is -1.71. The number of hydrogen-bond donors (Lipinski definition) is 1. The molecule has 0 atom stereocenters. The quantitative estimate of drug-likeness (QED) is 0.912. The molecule has 0 aliphatic heterocycles.